The number of fused-ring (bicyclic) bond motifs is 1. The summed E-state index contributed by atoms with van der Waals surface area (Å²) in [5.41, 5.74) is 6.14. The minimum absolute atomic E-state index is 0.0873. The van der Waals surface area contributed by atoms with Crippen molar-refractivity contribution in [1.82, 2.24) is 0 Å². The van der Waals surface area contributed by atoms with Crippen LogP contribution in [0.1, 0.15) is 41.1 Å². The van der Waals surface area contributed by atoms with Gasteiger partial charge in [0.1, 0.15) is 6.04 Å². The van der Waals surface area contributed by atoms with Crippen LogP contribution in [0.4, 0.5) is 5.69 Å². The lowest BCUT2D eigenvalue weighted by Gasteiger charge is -2.30. The van der Waals surface area contributed by atoms with Crippen LogP contribution in [0.3, 0.4) is 0 Å². The van der Waals surface area contributed by atoms with Gasteiger partial charge in [0, 0.05) is 17.7 Å². The number of anilines is 1. The Kier molecular flexibility index (Phi) is 5.00. The molecule has 3 rings (SSSR count). The van der Waals surface area contributed by atoms with Crippen LogP contribution in [-0.4, -0.2) is 19.5 Å². The van der Waals surface area contributed by atoms with Crippen LogP contribution in [0, 0.1) is 13.8 Å². The SMILES string of the molecule is Cc1cccc(NC(=O)C[NH+](C)[C@H]2CCCc3ccccc32)c1C. The fraction of sp³-hybridized carbons (Fsp3) is 0.381. The Labute approximate surface area is 144 Å². The number of rotatable bonds is 4. The van der Waals surface area contributed by atoms with Crippen LogP contribution in [0.15, 0.2) is 42.5 Å². The van der Waals surface area contributed by atoms with E-state index in [4.69, 9.17) is 0 Å². The Morgan fingerprint density at radius 3 is 2.79 bits per heavy atom. The number of carbonyl (C=O) groups is 1. The van der Waals surface area contributed by atoms with E-state index in [2.05, 4.69) is 56.5 Å². The van der Waals surface area contributed by atoms with E-state index in [0.717, 1.165) is 24.1 Å². The molecule has 0 bridgehead atoms. The van der Waals surface area contributed by atoms with E-state index in [1.807, 2.05) is 12.1 Å². The van der Waals surface area contributed by atoms with Crippen molar-refractivity contribution >= 4 is 11.6 Å². The van der Waals surface area contributed by atoms with Gasteiger partial charge < -0.3 is 10.2 Å². The zero-order valence-corrected chi connectivity index (χ0v) is 14.9. The second-order valence-electron chi connectivity index (χ2n) is 6.96. The summed E-state index contributed by atoms with van der Waals surface area (Å²) in [6, 6.07) is 15.1. The van der Waals surface area contributed by atoms with Gasteiger partial charge in [-0.1, -0.05) is 36.4 Å². The zero-order chi connectivity index (χ0) is 17.1. The molecule has 3 heteroatoms. The molecule has 2 aromatic rings. The zero-order valence-electron chi connectivity index (χ0n) is 14.9. The number of benzene rings is 2. The monoisotopic (exact) mass is 323 g/mol. The summed E-state index contributed by atoms with van der Waals surface area (Å²) in [6.07, 6.45) is 3.52. The van der Waals surface area contributed by atoms with Gasteiger partial charge in [-0.2, -0.15) is 0 Å². The van der Waals surface area contributed by atoms with E-state index < -0.39 is 0 Å². The van der Waals surface area contributed by atoms with Crippen LogP contribution >= 0.6 is 0 Å². The van der Waals surface area contributed by atoms with Gasteiger partial charge in [0.25, 0.3) is 5.91 Å². The fourth-order valence-electron chi connectivity index (χ4n) is 3.72. The summed E-state index contributed by atoms with van der Waals surface area (Å²) in [4.78, 5) is 13.8. The Bertz CT molecular complexity index is 738. The number of carbonyl (C=O) groups excluding carboxylic acids is 1. The number of likely N-dealkylation sites (N-methyl/N-ethyl adjacent to an activating group) is 1. The number of hydrogen-bond acceptors (Lipinski definition) is 1. The standard InChI is InChI=1S/C21H26N2O/c1-15-8-6-12-19(16(15)2)22-21(24)14-23(3)20-13-7-10-17-9-4-5-11-18(17)20/h4-6,8-9,11-12,20H,7,10,13-14H2,1-3H3,(H,22,24)/p+1/t20-/m0/s1. The van der Waals surface area contributed by atoms with Crippen molar-refractivity contribution in [3.63, 3.8) is 0 Å². The average Bonchev–Trinajstić information content (AvgIpc) is 2.58. The van der Waals surface area contributed by atoms with Gasteiger partial charge in [0.05, 0.1) is 7.05 Å². The molecule has 1 unspecified atom stereocenters. The smallest absolute Gasteiger partial charge is 0.279 e. The van der Waals surface area contributed by atoms with Gasteiger partial charge in [-0.3, -0.25) is 4.79 Å². The molecule has 2 atom stereocenters. The van der Waals surface area contributed by atoms with E-state index in [-0.39, 0.29) is 5.91 Å². The van der Waals surface area contributed by atoms with Crippen LogP contribution in [0.2, 0.25) is 0 Å². The molecular formula is C21H27N2O+. The summed E-state index contributed by atoms with van der Waals surface area (Å²) in [7, 11) is 2.13. The molecule has 0 saturated carbocycles. The summed E-state index contributed by atoms with van der Waals surface area (Å²) in [6.45, 7) is 4.62. The third-order valence-corrected chi connectivity index (χ3v) is 5.28. The van der Waals surface area contributed by atoms with E-state index >= 15 is 0 Å². The summed E-state index contributed by atoms with van der Waals surface area (Å²) < 4.78 is 0. The third-order valence-electron chi connectivity index (χ3n) is 5.28. The molecule has 0 heterocycles. The highest BCUT2D eigenvalue weighted by Crippen LogP contribution is 2.27. The molecule has 2 N–H and O–H groups in total. The van der Waals surface area contributed by atoms with Gasteiger partial charge in [-0.25, -0.2) is 0 Å². The summed E-state index contributed by atoms with van der Waals surface area (Å²) in [5, 5.41) is 3.09. The number of hydrogen-bond donors (Lipinski definition) is 2. The molecule has 1 aliphatic rings. The van der Waals surface area contributed by atoms with E-state index in [9.17, 15) is 4.79 Å². The lowest BCUT2D eigenvalue weighted by Crippen LogP contribution is -3.10. The van der Waals surface area contributed by atoms with Crippen molar-refractivity contribution in [3.8, 4) is 0 Å². The largest absolute Gasteiger partial charge is 0.323 e. The maximum Gasteiger partial charge on any atom is 0.279 e. The number of amides is 1. The molecule has 0 saturated heterocycles. The molecule has 0 radical (unpaired) electrons. The van der Waals surface area contributed by atoms with Crippen LogP contribution < -0.4 is 10.2 Å². The normalized spacial score (nSPS) is 17.9. The highest BCUT2D eigenvalue weighted by Gasteiger charge is 2.27. The first-order chi connectivity index (χ1) is 11.6. The Balaban J connectivity index is 1.68. The molecule has 0 aliphatic heterocycles. The first kappa shape index (κ1) is 16.7. The molecule has 0 fully saturated rings. The summed E-state index contributed by atoms with van der Waals surface area (Å²) >= 11 is 0. The minimum atomic E-state index is 0.0873. The number of aryl methyl sites for hydroxylation is 2. The Morgan fingerprint density at radius 1 is 1.17 bits per heavy atom. The second kappa shape index (κ2) is 7.18. The maximum atomic E-state index is 12.5. The van der Waals surface area contributed by atoms with Gasteiger partial charge >= 0.3 is 0 Å². The van der Waals surface area contributed by atoms with Gasteiger partial charge in [0.15, 0.2) is 6.54 Å². The van der Waals surface area contributed by atoms with Crippen molar-refractivity contribution < 1.29 is 9.69 Å². The predicted molar refractivity (Wildman–Crippen MR) is 98.4 cm³/mol. The van der Waals surface area contributed by atoms with Crippen LogP contribution in [-0.2, 0) is 11.2 Å². The van der Waals surface area contributed by atoms with Crippen molar-refractivity contribution in [2.45, 2.75) is 39.2 Å². The maximum absolute atomic E-state index is 12.5. The lowest BCUT2D eigenvalue weighted by atomic mass is 9.87. The number of quaternary nitrogens is 1. The van der Waals surface area contributed by atoms with Gasteiger partial charge in [-0.05, 0) is 49.4 Å². The molecule has 24 heavy (non-hydrogen) atoms. The van der Waals surface area contributed by atoms with Crippen molar-refractivity contribution in [3.05, 3.63) is 64.7 Å². The third kappa shape index (κ3) is 3.51. The second-order valence-corrected chi connectivity index (χ2v) is 6.96. The molecular weight excluding hydrogens is 296 g/mol. The molecule has 1 amide bonds. The van der Waals surface area contributed by atoms with E-state index in [0.29, 0.717) is 12.6 Å². The molecule has 2 aromatic carbocycles. The van der Waals surface area contributed by atoms with E-state index in [1.54, 1.807) is 0 Å². The van der Waals surface area contributed by atoms with E-state index in [1.165, 1.54) is 28.0 Å². The molecule has 0 aromatic heterocycles. The lowest BCUT2D eigenvalue weighted by molar-refractivity contribution is -0.905. The molecule has 126 valence electrons. The summed E-state index contributed by atoms with van der Waals surface area (Å²) in [5.74, 6) is 0.0873. The fourth-order valence-corrected chi connectivity index (χ4v) is 3.72. The first-order valence-electron chi connectivity index (χ1n) is 8.82. The van der Waals surface area contributed by atoms with Gasteiger partial charge in [0.2, 0.25) is 0 Å². The highest BCUT2D eigenvalue weighted by molar-refractivity contribution is 5.92. The predicted octanol–water partition coefficient (Wildman–Crippen LogP) is 2.83. The molecule has 0 spiro atoms. The Morgan fingerprint density at radius 2 is 1.96 bits per heavy atom. The number of nitrogens with one attached hydrogen (secondary N) is 2. The molecule has 3 nitrogen and oxygen atoms in total. The van der Waals surface area contributed by atoms with Crippen molar-refractivity contribution in [2.75, 3.05) is 18.9 Å². The Hall–Kier alpha value is -2.13. The average molecular weight is 323 g/mol. The van der Waals surface area contributed by atoms with Crippen molar-refractivity contribution in [1.29, 1.82) is 0 Å². The van der Waals surface area contributed by atoms with Crippen LogP contribution in [0.5, 0.6) is 0 Å². The quantitative estimate of drug-likeness (QED) is 0.891. The minimum Gasteiger partial charge on any atom is -0.323 e. The first-order valence-corrected chi connectivity index (χ1v) is 8.82. The van der Waals surface area contributed by atoms with Gasteiger partial charge in [-0.15, -0.1) is 0 Å². The van der Waals surface area contributed by atoms with Crippen molar-refractivity contribution in [2.24, 2.45) is 0 Å². The highest BCUT2D eigenvalue weighted by atomic mass is 16.2. The topological polar surface area (TPSA) is 33.5 Å². The van der Waals surface area contributed by atoms with Crippen LogP contribution in [0.25, 0.3) is 0 Å². The molecule has 1 aliphatic carbocycles.